The summed E-state index contributed by atoms with van der Waals surface area (Å²) in [4.78, 5) is 0. The lowest BCUT2D eigenvalue weighted by Gasteiger charge is -2.48. The highest BCUT2D eigenvalue weighted by atomic mass is 19.3. The molecule has 0 radical (unpaired) electrons. The van der Waals surface area contributed by atoms with E-state index in [9.17, 15) is 13.9 Å². The first kappa shape index (κ1) is 12.7. The van der Waals surface area contributed by atoms with Crippen LogP contribution in [0.4, 0.5) is 8.78 Å². The molecule has 0 amide bonds. The molecule has 0 aliphatic heterocycles. The van der Waals surface area contributed by atoms with E-state index in [1.54, 1.807) is 0 Å². The Labute approximate surface area is 83.0 Å². The van der Waals surface area contributed by atoms with Gasteiger partial charge < -0.3 is 30.6 Å². The molecular formula is C7H12F2O6. The Morgan fingerprint density at radius 2 is 1.33 bits per heavy atom. The maximum atomic E-state index is 13.2. The highest BCUT2D eigenvalue weighted by Crippen LogP contribution is 2.42. The van der Waals surface area contributed by atoms with Crippen LogP contribution in [0.15, 0.2) is 0 Å². The molecular weight excluding hydrogens is 218 g/mol. The van der Waals surface area contributed by atoms with E-state index in [0.29, 0.717) is 0 Å². The van der Waals surface area contributed by atoms with E-state index in [4.69, 9.17) is 25.5 Å². The van der Waals surface area contributed by atoms with E-state index >= 15 is 0 Å². The molecule has 1 fully saturated rings. The lowest BCUT2D eigenvalue weighted by Crippen LogP contribution is -2.75. The van der Waals surface area contributed by atoms with Crippen molar-refractivity contribution in [2.75, 3.05) is 6.61 Å². The molecule has 1 aliphatic rings. The maximum Gasteiger partial charge on any atom is 0.308 e. The number of aliphatic hydroxyl groups is 6. The average molecular weight is 230 g/mol. The van der Waals surface area contributed by atoms with Crippen LogP contribution in [0.2, 0.25) is 0 Å². The summed E-state index contributed by atoms with van der Waals surface area (Å²) in [5, 5.41) is 53.9. The third-order valence-electron chi connectivity index (χ3n) is 2.68. The van der Waals surface area contributed by atoms with E-state index in [2.05, 4.69) is 0 Å². The highest BCUT2D eigenvalue weighted by molar-refractivity contribution is 5.12. The Bertz CT molecular complexity index is 250. The number of halogens is 2. The molecule has 6 N–H and O–H groups in total. The predicted octanol–water partition coefficient (Wildman–Crippen LogP) is -3.20. The van der Waals surface area contributed by atoms with E-state index in [-0.39, 0.29) is 0 Å². The second-order valence-corrected chi connectivity index (χ2v) is 3.58. The summed E-state index contributed by atoms with van der Waals surface area (Å²) in [6.45, 7) is -1.57. The van der Waals surface area contributed by atoms with Gasteiger partial charge in [0, 0.05) is 0 Å². The van der Waals surface area contributed by atoms with Crippen LogP contribution in [-0.4, -0.2) is 73.2 Å². The first-order valence-electron chi connectivity index (χ1n) is 4.13. The van der Waals surface area contributed by atoms with Gasteiger partial charge in [-0.05, 0) is 0 Å². The van der Waals surface area contributed by atoms with Gasteiger partial charge in [0.25, 0.3) is 0 Å². The van der Waals surface area contributed by atoms with Gasteiger partial charge in [-0.2, -0.15) is 0 Å². The minimum atomic E-state index is -4.33. The zero-order chi connectivity index (χ0) is 12.0. The number of hydrogen-bond acceptors (Lipinski definition) is 6. The molecule has 1 saturated carbocycles. The Kier molecular flexibility index (Phi) is 3.03. The number of alkyl halides is 2. The van der Waals surface area contributed by atoms with E-state index in [0.717, 1.165) is 0 Å². The summed E-state index contributed by atoms with van der Waals surface area (Å²) in [6.07, 6.45) is -9.71. The van der Waals surface area contributed by atoms with Crippen molar-refractivity contribution in [1.29, 1.82) is 0 Å². The molecule has 6 nitrogen and oxygen atoms in total. The van der Waals surface area contributed by atoms with Gasteiger partial charge in [0.15, 0.2) is 5.60 Å². The van der Waals surface area contributed by atoms with Crippen molar-refractivity contribution >= 4 is 0 Å². The van der Waals surface area contributed by atoms with Crippen molar-refractivity contribution in [2.45, 2.75) is 35.9 Å². The lowest BCUT2D eigenvalue weighted by molar-refractivity contribution is -0.337. The van der Waals surface area contributed by atoms with Crippen LogP contribution in [-0.2, 0) is 0 Å². The van der Waals surface area contributed by atoms with Gasteiger partial charge in [-0.15, -0.1) is 0 Å². The maximum absolute atomic E-state index is 13.2. The topological polar surface area (TPSA) is 121 Å². The summed E-state index contributed by atoms with van der Waals surface area (Å²) in [5.41, 5.74) is -3.38. The molecule has 0 aromatic heterocycles. The normalized spacial score (nSPS) is 50.4. The van der Waals surface area contributed by atoms with Crippen molar-refractivity contribution in [2.24, 2.45) is 0 Å². The largest absolute Gasteiger partial charge is 0.393 e. The van der Waals surface area contributed by atoms with Crippen molar-refractivity contribution < 1.29 is 39.4 Å². The number of hydrogen-bond donors (Lipinski definition) is 6. The van der Waals surface area contributed by atoms with Crippen molar-refractivity contribution in [3.63, 3.8) is 0 Å². The van der Waals surface area contributed by atoms with E-state index < -0.39 is 42.5 Å². The summed E-state index contributed by atoms with van der Waals surface area (Å²) in [6, 6.07) is 0. The van der Waals surface area contributed by atoms with Gasteiger partial charge in [0.2, 0.25) is 0 Å². The fourth-order valence-corrected chi connectivity index (χ4v) is 1.52. The van der Waals surface area contributed by atoms with Gasteiger partial charge in [-0.1, -0.05) is 0 Å². The van der Waals surface area contributed by atoms with Crippen molar-refractivity contribution in [3.8, 4) is 0 Å². The third-order valence-corrected chi connectivity index (χ3v) is 2.68. The van der Waals surface area contributed by atoms with Crippen LogP contribution in [0.5, 0.6) is 0 Å². The van der Waals surface area contributed by atoms with Gasteiger partial charge >= 0.3 is 5.92 Å². The van der Waals surface area contributed by atoms with E-state index in [1.165, 1.54) is 0 Å². The van der Waals surface area contributed by atoms with Crippen LogP contribution in [0.25, 0.3) is 0 Å². The molecule has 5 atom stereocenters. The second kappa shape index (κ2) is 3.58. The molecule has 0 saturated heterocycles. The van der Waals surface area contributed by atoms with Gasteiger partial charge in [-0.25, -0.2) is 8.78 Å². The third kappa shape index (κ3) is 1.45. The monoisotopic (exact) mass is 230 g/mol. The minimum absolute atomic E-state index is 1.57. The van der Waals surface area contributed by atoms with Crippen LogP contribution in [0.3, 0.4) is 0 Å². The lowest BCUT2D eigenvalue weighted by atomic mass is 9.74. The molecule has 1 rings (SSSR count). The predicted molar refractivity (Wildman–Crippen MR) is 41.0 cm³/mol. The van der Waals surface area contributed by atoms with Crippen molar-refractivity contribution in [3.05, 3.63) is 0 Å². The van der Waals surface area contributed by atoms with Crippen molar-refractivity contribution in [1.82, 2.24) is 0 Å². The van der Waals surface area contributed by atoms with Crippen LogP contribution < -0.4 is 0 Å². The number of rotatable bonds is 1. The summed E-state index contributed by atoms with van der Waals surface area (Å²) in [7, 11) is 0. The Morgan fingerprint density at radius 3 is 1.73 bits per heavy atom. The smallest absolute Gasteiger partial charge is 0.308 e. The van der Waals surface area contributed by atoms with Crippen LogP contribution in [0, 0.1) is 0 Å². The first-order valence-corrected chi connectivity index (χ1v) is 4.13. The second-order valence-electron chi connectivity index (χ2n) is 3.58. The minimum Gasteiger partial charge on any atom is -0.393 e. The SMILES string of the molecule is OC[C@]1(O)[C@@H](O)[C@H](O)[C@@H](O)[C@@H](O)C1(F)F. The van der Waals surface area contributed by atoms with Crippen LogP contribution >= 0.6 is 0 Å². The van der Waals surface area contributed by atoms with Gasteiger partial charge in [0.1, 0.15) is 24.4 Å². The molecule has 0 bridgehead atoms. The molecule has 90 valence electrons. The molecule has 0 aromatic rings. The average Bonchev–Trinajstić information content (AvgIpc) is 2.21. The first-order chi connectivity index (χ1) is 6.70. The molecule has 0 unspecified atom stereocenters. The molecule has 0 spiro atoms. The Balaban J connectivity index is 3.16. The van der Waals surface area contributed by atoms with Gasteiger partial charge in [-0.3, -0.25) is 0 Å². The molecule has 0 aromatic carbocycles. The summed E-state index contributed by atoms with van der Waals surface area (Å²) in [5.74, 6) is -4.33. The molecule has 8 heteroatoms. The molecule has 15 heavy (non-hydrogen) atoms. The van der Waals surface area contributed by atoms with Gasteiger partial charge in [0.05, 0.1) is 6.61 Å². The van der Waals surface area contributed by atoms with Crippen LogP contribution in [0.1, 0.15) is 0 Å². The summed E-state index contributed by atoms with van der Waals surface area (Å²) < 4.78 is 26.5. The zero-order valence-electron chi connectivity index (χ0n) is 7.46. The molecule has 1 aliphatic carbocycles. The number of aliphatic hydroxyl groups excluding tert-OH is 5. The Morgan fingerprint density at radius 1 is 0.933 bits per heavy atom. The highest BCUT2D eigenvalue weighted by Gasteiger charge is 2.69. The quantitative estimate of drug-likeness (QED) is 0.282. The fraction of sp³-hybridized carbons (Fsp3) is 1.00. The molecule has 0 heterocycles. The Hall–Kier alpha value is -0.380. The van der Waals surface area contributed by atoms with E-state index in [1.807, 2.05) is 0 Å². The standard InChI is InChI=1S/C7H12F2O6/c8-7(9)5(14)3(12)2(11)4(13)6(7,15)1-10/h2-5,10-15H,1H2/t2-,3-,4+,5-,6+/m1/s1. The zero-order valence-corrected chi connectivity index (χ0v) is 7.46. The summed E-state index contributed by atoms with van der Waals surface area (Å²) >= 11 is 0. The fourth-order valence-electron chi connectivity index (χ4n) is 1.52.